The maximum atomic E-state index is 13.0. The van der Waals surface area contributed by atoms with Gasteiger partial charge in [0, 0.05) is 13.5 Å². The summed E-state index contributed by atoms with van der Waals surface area (Å²) in [4.78, 5) is 23.7. The molecule has 32 heavy (non-hydrogen) atoms. The molecule has 174 valence electrons. The van der Waals surface area contributed by atoms with E-state index in [0.29, 0.717) is 12.3 Å². The molecule has 0 aliphatic carbocycles. The smallest absolute Gasteiger partial charge is 0.338 e. The number of ether oxygens (including phenoxy) is 2. The van der Waals surface area contributed by atoms with Crippen LogP contribution in [0, 0.1) is 0 Å². The molecule has 0 radical (unpaired) electrons. The van der Waals surface area contributed by atoms with Crippen LogP contribution >= 0.6 is 0 Å². The number of hydrogen-bond donors (Lipinski definition) is 3. The molecular formula is C22H28N2O7S. The molecule has 9 nitrogen and oxygen atoms in total. The lowest BCUT2D eigenvalue weighted by Gasteiger charge is -2.19. The van der Waals surface area contributed by atoms with Gasteiger partial charge in [0.05, 0.1) is 17.9 Å². The molecule has 3 N–H and O–H groups in total. The topological polar surface area (TPSA) is 131 Å². The van der Waals surface area contributed by atoms with Gasteiger partial charge in [0.25, 0.3) is 10.0 Å². The summed E-state index contributed by atoms with van der Waals surface area (Å²) in [5.74, 6) is -1.31. The highest BCUT2D eigenvalue weighted by atomic mass is 32.2. The Balaban J connectivity index is 2.67. The Morgan fingerprint density at radius 1 is 1.16 bits per heavy atom. The lowest BCUT2D eigenvalue weighted by molar-refractivity contribution is -0.117. The Hall–Kier alpha value is -3.11. The van der Waals surface area contributed by atoms with Crippen LogP contribution in [0.25, 0.3) is 0 Å². The van der Waals surface area contributed by atoms with E-state index in [4.69, 9.17) is 14.6 Å². The van der Waals surface area contributed by atoms with Crippen LogP contribution in [0.3, 0.4) is 0 Å². The Morgan fingerprint density at radius 2 is 1.84 bits per heavy atom. The minimum absolute atomic E-state index is 0.0622. The number of hydrogen-bond acceptors (Lipinski definition) is 8. The highest BCUT2D eigenvalue weighted by Crippen LogP contribution is 2.38. The zero-order chi connectivity index (χ0) is 23.7. The number of aliphatic hydroxyl groups is 1. The van der Waals surface area contributed by atoms with Gasteiger partial charge in [0.15, 0.2) is 5.75 Å². The minimum atomic E-state index is -4.38. The van der Waals surface area contributed by atoms with Crippen LogP contribution in [-0.2, 0) is 19.6 Å². The minimum Gasteiger partial charge on any atom is -0.457 e. The third kappa shape index (κ3) is 6.96. The van der Waals surface area contributed by atoms with Gasteiger partial charge in [-0.1, -0.05) is 31.5 Å². The number of para-hydroxylation sites is 1. The van der Waals surface area contributed by atoms with Crippen LogP contribution in [-0.4, -0.2) is 44.7 Å². The van der Waals surface area contributed by atoms with Crippen LogP contribution in [0.15, 0.2) is 47.4 Å². The van der Waals surface area contributed by atoms with E-state index in [9.17, 15) is 18.0 Å². The largest absolute Gasteiger partial charge is 0.457 e. The fraction of sp³-hybridized carbons (Fsp3) is 0.364. The molecule has 2 aromatic carbocycles. The second-order valence-electron chi connectivity index (χ2n) is 7.11. The maximum absolute atomic E-state index is 13.0. The average Bonchev–Trinajstić information content (AvgIpc) is 2.74. The zero-order valence-electron chi connectivity index (χ0n) is 18.3. The van der Waals surface area contributed by atoms with Crippen molar-refractivity contribution < 1.29 is 32.6 Å². The van der Waals surface area contributed by atoms with Gasteiger partial charge in [-0.15, -0.1) is 0 Å². The van der Waals surface area contributed by atoms with Crippen molar-refractivity contribution in [3.63, 3.8) is 0 Å². The molecule has 0 aliphatic heterocycles. The maximum Gasteiger partial charge on any atom is 0.338 e. The summed E-state index contributed by atoms with van der Waals surface area (Å²) in [5, 5.41) is 12.3. The van der Waals surface area contributed by atoms with Crippen molar-refractivity contribution in [3.8, 4) is 11.5 Å². The Morgan fingerprint density at radius 3 is 2.44 bits per heavy atom. The number of aliphatic hydroxyl groups excluding tert-OH is 1. The van der Waals surface area contributed by atoms with Crippen LogP contribution in [0.5, 0.6) is 11.5 Å². The van der Waals surface area contributed by atoms with E-state index in [2.05, 4.69) is 5.32 Å². The summed E-state index contributed by atoms with van der Waals surface area (Å²) in [6, 6.07) is 11.0. The number of carbonyl (C=O) groups excluding carboxylic acids is 2. The monoisotopic (exact) mass is 464 g/mol. The van der Waals surface area contributed by atoms with E-state index in [-0.39, 0.29) is 23.6 Å². The van der Waals surface area contributed by atoms with E-state index in [1.54, 1.807) is 30.3 Å². The van der Waals surface area contributed by atoms with Crippen LogP contribution in [0.2, 0.25) is 0 Å². The summed E-state index contributed by atoms with van der Waals surface area (Å²) >= 11 is 0. The van der Waals surface area contributed by atoms with E-state index in [1.807, 2.05) is 11.6 Å². The first-order valence-electron chi connectivity index (χ1n) is 10.2. The van der Waals surface area contributed by atoms with E-state index < -0.39 is 32.9 Å². The molecule has 0 bridgehead atoms. The van der Waals surface area contributed by atoms with Crippen LogP contribution in [0.4, 0.5) is 5.69 Å². The number of unbranched alkanes of at least 4 members (excludes halogenated alkanes) is 1. The lowest BCUT2D eigenvalue weighted by Crippen LogP contribution is -2.29. The highest BCUT2D eigenvalue weighted by Gasteiger charge is 2.27. The molecule has 2 aromatic rings. The fourth-order valence-electron chi connectivity index (χ4n) is 2.69. The quantitative estimate of drug-likeness (QED) is 0.342. The number of sulfonamides is 1. The first-order chi connectivity index (χ1) is 15.2. The molecule has 2 rings (SSSR count). The lowest BCUT2D eigenvalue weighted by atomic mass is 10.1. The van der Waals surface area contributed by atoms with Crippen molar-refractivity contribution in [2.75, 3.05) is 18.5 Å². The van der Waals surface area contributed by atoms with Gasteiger partial charge < -0.3 is 19.9 Å². The number of amides is 1. The van der Waals surface area contributed by atoms with Gasteiger partial charge in [-0.2, -0.15) is 0 Å². The predicted octanol–water partition coefficient (Wildman–Crippen LogP) is 3.05. The summed E-state index contributed by atoms with van der Waals surface area (Å²) in [5.41, 5.74) is 0.172. The zero-order valence-corrected chi connectivity index (χ0v) is 19.1. The van der Waals surface area contributed by atoms with Crippen molar-refractivity contribution in [1.82, 2.24) is 4.72 Å². The predicted molar refractivity (Wildman–Crippen MR) is 119 cm³/mol. The molecule has 1 unspecified atom stereocenters. The number of benzene rings is 2. The third-order valence-corrected chi connectivity index (χ3v) is 5.67. The van der Waals surface area contributed by atoms with E-state index >= 15 is 0 Å². The van der Waals surface area contributed by atoms with Crippen molar-refractivity contribution in [2.24, 2.45) is 0 Å². The molecule has 0 aromatic heterocycles. The fourth-order valence-corrected chi connectivity index (χ4v) is 3.86. The van der Waals surface area contributed by atoms with Gasteiger partial charge in [-0.25, -0.2) is 17.9 Å². The van der Waals surface area contributed by atoms with Gasteiger partial charge in [0.2, 0.25) is 5.91 Å². The van der Waals surface area contributed by atoms with Gasteiger partial charge >= 0.3 is 5.97 Å². The molecule has 10 heteroatoms. The first kappa shape index (κ1) is 25.2. The molecule has 0 saturated heterocycles. The molecule has 0 aliphatic rings. The molecule has 1 atom stereocenters. The van der Waals surface area contributed by atoms with Crippen molar-refractivity contribution in [1.29, 1.82) is 0 Å². The Labute approximate surface area is 187 Å². The first-order valence-corrected chi connectivity index (χ1v) is 11.7. The standard InChI is InChI=1S/C22H28N2O7S/c1-4-5-11-23-19-12-17(22(27)30-15(2)14-25)13-20(32(28,29)24-16(3)26)21(19)31-18-9-7-6-8-10-18/h6-10,12-13,15,23,25H,4-5,11,14H2,1-3H3,(H,24,26). The Bertz CT molecular complexity index is 1040. The average molecular weight is 465 g/mol. The SMILES string of the molecule is CCCCNc1cc(C(=O)OC(C)CO)cc(S(=O)(=O)NC(C)=O)c1Oc1ccccc1. The second-order valence-corrected chi connectivity index (χ2v) is 8.76. The molecule has 0 saturated carbocycles. The second kappa shape index (κ2) is 11.5. The van der Waals surface area contributed by atoms with Crippen molar-refractivity contribution in [3.05, 3.63) is 48.0 Å². The molecule has 0 fully saturated rings. The summed E-state index contributed by atoms with van der Waals surface area (Å²) in [6.45, 7) is 4.67. The normalized spacial score (nSPS) is 12.0. The molecule has 1 amide bonds. The molecule has 0 heterocycles. The van der Waals surface area contributed by atoms with Gasteiger partial charge in [-0.05, 0) is 37.6 Å². The van der Waals surface area contributed by atoms with E-state index in [1.165, 1.54) is 13.0 Å². The number of anilines is 1. The molecular weight excluding hydrogens is 436 g/mol. The summed E-state index contributed by atoms with van der Waals surface area (Å²) in [6.07, 6.45) is 0.887. The van der Waals surface area contributed by atoms with Crippen molar-refractivity contribution >= 4 is 27.6 Å². The number of esters is 1. The number of nitrogens with one attached hydrogen (secondary N) is 2. The van der Waals surface area contributed by atoms with Gasteiger partial charge in [0.1, 0.15) is 16.7 Å². The van der Waals surface area contributed by atoms with Crippen LogP contribution in [0.1, 0.15) is 44.0 Å². The number of carbonyl (C=O) groups is 2. The van der Waals surface area contributed by atoms with E-state index in [0.717, 1.165) is 25.8 Å². The third-order valence-electron chi connectivity index (χ3n) is 4.23. The summed E-state index contributed by atoms with van der Waals surface area (Å²) in [7, 11) is -4.38. The molecule has 0 spiro atoms. The number of rotatable bonds is 11. The summed E-state index contributed by atoms with van der Waals surface area (Å²) < 4.78 is 38.8. The van der Waals surface area contributed by atoms with Crippen molar-refractivity contribution in [2.45, 2.75) is 44.6 Å². The highest BCUT2D eigenvalue weighted by molar-refractivity contribution is 7.90. The van der Waals surface area contributed by atoms with Gasteiger partial charge in [-0.3, -0.25) is 4.79 Å². The Kier molecular flexibility index (Phi) is 9.03. The van der Waals surface area contributed by atoms with Crippen LogP contribution < -0.4 is 14.8 Å².